The Morgan fingerprint density at radius 2 is 1.67 bits per heavy atom. The van der Waals surface area contributed by atoms with Gasteiger partial charge >= 0.3 is 5.37 Å². The Morgan fingerprint density at radius 3 is 2.13 bits per heavy atom. The van der Waals surface area contributed by atoms with Crippen LogP contribution in [0, 0.1) is 5.82 Å². The third kappa shape index (κ3) is 6.34. The van der Waals surface area contributed by atoms with Crippen LogP contribution in [0.2, 0.25) is 10.0 Å². The van der Waals surface area contributed by atoms with Gasteiger partial charge in [-0.05, 0) is 73.3 Å². The monoisotopic (exact) mass is 472 g/mol. The van der Waals surface area contributed by atoms with E-state index in [4.69, 9.17) is 34.8 Å². The number of amides is 2. The molecule has 4 nitrogen and oxygen atoms in total. The van der Waals surface area contributed by atoms with Crippen LogP contribution in [0.1, 0.15) is 37.3 Å². The van der Waals surface area contributed by atoms with E-state index < -0.39 is 10.8 Å². The minimum absolute atomic E-state index is 0.0687. The fraction of sp³-hybridized carbons (Fsp3) is 0.364. The predicted octanol–water partition coefficient (Wildman–Crippen LogP) is 5.99. The molecule has 1 aliphatic rings. The number of carbonyl (C=O) groups is 2. The van der Waals surface area contributed by atoms with Gasteiger partial charge < -0.3 is 10.2 Å². The van der Waals surface area contributed by atoms with E-state index in [-0.39, 0.29) is 17.6 Å². The highest BCUT2D eigenvalue weighted by Gasteiger charge is 2.29. The molecule has 0 saturated carbocycles. The Kier molecular flexibility index (Phi) is 8.53. The predicted molar refractivity (Wildman–Crippen MR) is 120 cm³/mol. The van der Waals surface area contributed by atoms with Crippen LogP contribution in [0.5, 0.6) is 0 Å². The van der Waals surface area contributed by atoms with Crippen molar-refractivity contribution in [2.45, 2.75) is 31.6 Å². The van der Waals surface area contributed by atoms with E-state index in [2.05, 4.69) is 5.32 Å². The molecule has 1 atom stereocenters. The van der Waals surface area contributed by atoms with Crippen LogP contribution in [-0.2, 0) is 10.2 Å². The molecule has 1 saturated heterocycles. The van der Waals surface area contributed by atoms with Gasteiger partial charge in [-0.2, -0.15) is 0 Å². The summed E-state index contributed by atoms with van der Waals surface area (Å²) >= 11 is 17.2. The number of benzene rings is 2. The molecule has 0 radical (unpaired) electrons. The Morgan fingerprint density at radius 1 is 1.10 bits per heavy atom. The van der Waals surface area contributed by atoms with E-state index in [1.807, 2.05) is 13.8 Å². The van der Waals surface area contributed by atoms with E-state index in [1.165, 1.54) is 12.1 Å². The summed E-state index contributed by atoms with van der Waals surface area (Å²) < 4.78 is 12.7. The highest BCUT2D eigenvalue weighted by atomic mass is 35.5. The van der Waals surface area contributed by atoms with Gasteiger partial charge in [0.25, 0.3) is 0 Å². The number of nitrogens with zero attached hydrogens (tertiary/aromatic N) is 1. The molecule has 2 aromatic carbocycles. The molecular formula is C22H24Cl3FN2O2. The van der Waals surface area contributed by atoms with Crippen LogP contribution < -0.4 is 5.32 Å². The van der Waals surface area contributed by atoms with Crippen LogP contribution in [-0.4, -0.2) is 36.3 Å². The smallest absolute Gasteiger partial charge is 0.316 e. The van der Waals surface area contributed by atoms with Gasteiger partial charge in [0, 0.05) is 36.1 Å². The molecule has 0 aromatic heterocycles. The molecule has 2 aromatic rings. The number of halogens is 4. The minimum Gasteiger partial charge on any atom is -0.358 e. The van der Waals surface area contributed by atoms with E-state index >= 15 is 0 Å². The van der Waals surface area contributed by atoms with Crippen molar-refractivity contribution in [1.82, 2.24) is 10.2 Å². The molecule has 162 valence electrons. The quantitative estimate of drug-likeness (QED) is 0.439. The Bertz CT molecular complexity index is 884. The zero-order valence-corrected chi connectivity index (χ0v) is 19.3. The third-order valence-corrected chi connectivity index (χ3v) is 5.83. The summed E-state index contributed by atoms with van der Waals surface area (Å²) in [5.74, 6) is -0.0174. The molecule has 2 amide bonds. The number of rotatable bonds is 3. The first kappa shape index (κ1) is 24.4. The van der Waals surface area contributed by atoms with E-state index in [0.29, 0.717) is 23.1 Å². The standard InChI is InChI=1S/C11H13Cl2NO.C11H11ClFNO/c1-11(2,10(15)14-3)7-4-8(12)6-9(13)5-7;12-11(15)14-6-5-9(7-14)8-1-3-10(13)4-2-8/h4-6H,1-3H3,(H,14,15);1-4,9H,5-7H2. The van der Waals surface area contributed by atoms with Crippen molar-refractivity contribution >= 4 is 46.1 Å². The molecular weight excluding hydrogens is 450 g/mol. The van der Waals surface area contributed by atoms with Crippen LogP contribution in [0.25, 0.3) is 0 Å². The summed E-state index contributed by atoms with van der Waals surface area (Å²) in [5.41, 5.74) is 1.24. The maximum absolute atomic E-state index is 12.7. The maximum atomic E-state index is 12.7. The van der Waals surface area contributed by atoms with Crippen molar-refractivity contribution < 1.29 is 14.0 Å². The third-order valence-electron chi connectivity index (χ3n) is 5.16. The minimum atomic E-state index is -0.636. The molecule has 1 N–H and O–H groups in total. The van der Waals surface area contributed by atoms with Gasteiger partial charge in [0.15, 0.2) is 0 Å². The fourth-order valence-electron chi connectivity index (χ4n) is 3.29. The highest BCUT2D eigenvalue weighted by molar-refractivity contribution is 6.62. The number of likely N-dealkylation sites (tertiary alicyclic amines) is 1. The summed E-state index contributed by atoms with van der Waals surface area (Å²) in [6.07, 6.45) is 0.893. The van der Waals surface area contributed by atoms with Crippen molar-refractivity contribution in [2.75, 3.05) is 20.1 Å². The molecule has 1 fully saturated rings. The van der Waals surface area contributed by atoms with Gasteiger partial charge in [-0.3, -0.25) is 9.59 Å². The molecule has 0 aliphatic carbocycles. The summed E-state index contributed by atoms with van der Waals surface area (Å²) in [6.45, 7) is 4.97. The first-order valence-electron chi connectivity index (χ1n) is 9.43. The first-order chi connectivity index (χ1) is 14.0. The van der Waals surface area contributed by atoms with Gasteiger partial charge in [-0.1, -0.05) is 35.3 Å². The van der Waals surface area contributed by atoms with Gasteiger partial charge in [0.05, 0.1) is 5.41 Å². The topological polar surface area (TPSA) is 49.4 Å². The normalized spacial score (nSPS) is 16.0. The molecule has 0 spiro atoms. The Labute approximate surface area is 191 Å². The van der Waals surface area contributed by atoms with E-state index in [1.54, 1.807) is 42.3 Å². The maximum Gasteiger partial charge on any atom is 0.316 e. The number of nitrogens with one attached hydrogen (secondary N) is 1. The summed E-state index contributed by atoms with van der Waals surface area (Å²) in [7, 11) is 1.61. The zero-order valence-electron chi connectivity index (χ0n) is 17.0. The second kappa shape index (κ2) is 10.5. The lowest BCUT2D eigenvalue weighted by Crippen LogP contribution is -2.37. The average Bonchev–Trinajstić information content (AvgIpc) is 3.18. The molecule has 1 heterocycles. The Hall–Kier alpha value is -1.82. The fourth-order valence-corrected chi connectivity index (χ4v) is 3.96. The summed E-state index contributed by atoms with van der Waals surface area (Å²) in [6, 6.07) is 11.6. The van der Waals surface area contributed by atoms with Gasteiger partial charge in [0.1, 0.15) is 5.82 Å². The zero-order chi connectivity index (χ0) is 22.5. The number of hydrogen-bond acceptors (Lipinski definition) is 2. The number of carbonyl (C=O) groups excluding carboxylic acids is 2. The largest absolute Gasteiger partial charge is 0.358 e. The molecule has 30 heavy (non-hydrogen) atoms. The van der Waals surface area contributed by atoms with Gasteiger partial charge in [-0.15, -0.1) is 0 Å². The lowest BCUT2D eigenvalue weighted by molar-refractivity contribution is -0.125. The van der Waals surface area contributed by atoms with Crippen LogP contribution in [0.15, 0.2) is 42.5 Å². The van der Waals surface area contributed by atoms with Crippen LogP contribution >= 0.6 is 34.8 Å². The second-order valence-electron chi connectivity index (χ2n) is 7.60. The van der Waals surface area contributed by atoms with Crippen LogP contribution in [0.3, 0.4) is 0 Å². The van der Waals surface area contributed by atoms with Crippen molar-refractivity contribution in [1.29, 1.82) is 0 Å². The molecule has 0 bridgehead atoms. The number of likely N-dealkylation sites (N-methyl/N-ethyl adjacent to an activating group) is 1. The van der Waals surface area contributed by atoms with Crippen molar-refractivity contribution in [2.24, 2.45) is 0 Å². The van der Waals surface area contributed by atoms with Crippen LogP contribution in [0.4, 0.5) is 9.18 Å². The molecule has 1 unspecified atom stereocenters. The lowest BCUT2D eigenvalue weighted by Gasteiger charge is -2.23. The number of hydrogen-bond donors (Lipinski definition) is 1. The van der Waals surface area contributed by atoms with Gasteiger partial charge in [0.2, 0.25) is 5.91 Å². The first-order valence-corrected chi connectivity index (χ1v) is 10.6. The molecule has 3 rings (SSSR count). The molecule has 8 heteroatoms. The molecule has 1 aliphatic heterocycles. The summed E-state index contributed by atoms with van der Waals surface area (Å²) in [5, 5.41) is 3.29. The summed E-state index contributed by atoms with van der Waals surface area (Å²) in [4.78, 5) is 24.2. The van der Waals surface area contributed by atoms with E-state index in [9.17, 15) is 14.0 Å². The Balaban J connectivity index is 0.000000214. The van der Waals surface area contributed by atoms with Crippen molar-refractivity contribution in [3.05, 3.63) is 69.5 Å². The SMILES string of the molecule is CNC(=O)C(C)(C)c1cc(Cl)cc(Cl)c1.O=C(Cl)N1CCC(c2ccc(F)cc2)C1. The van der Waals surface area contributed by atoms with E-state index in [0.717, 1.165) is 17.5 Å². The average molecular weight is 474 g/mol. The van der Waals surface area contributed by atoms with Gasteiger partial charge in [-0.25, -0.2) is 4.39 Å². The second-order valence-corrected chi connectivity index (χ2v) is 8.79. The highest BCUT2D eigenvalue weighted by Crippen LogP contribution is 2.29. The van der Waals surface area contributed by atoms with Crippen molar-refractivity contribution in [3.8, 4) is 0 Å². The van der Waals surface area contributed by atoms with Crippen molar-refractivity contribution in [3.63, 3.8) is 0 Å². The lowest BCUT2D eigenvalue weighted by atomic mass is 9.84.